The molecule has 3 heterocycles. The van der Waals surface area contributed by atoms with Gasteiger partial charge in [0.1, 0.15) is 5.65 Å². The van der Waals surface area contributed by atoms with E-state index in [0.29, 0.717) is 0 Å². The molecule has 0 aromatic carbocycles. The minimum absolute atomic E-state index is 0.218. The van der Waals surface area contributed by atoms with E-state index in [2.05, 4.69) is 34.3 Å². The molecule has 114 valence electrons. The molecule has 21 heavy (non-hydrogen) atoms. The molecule has 2 aromatic rings. The SMILES string of the molecule is CC[C@@H](O)[C@@H]1CCCCN1Cc1c(C)nc2ccccn12. The fourth-order valence-electron chi connectivity index (χ4n) is 3.47. The Bertz CT molecular complexity index is 607. The molecule has 0 amide bonds. The third-order valence-corrected chi connectivity index (χ3v) is 4.71. The van der Waals surface area contributed by atoms with Crippen molar-refractivity contribution in [1.29, 1.82) is 0 Å². The first kappa shape index (κ1) is 14.5. The van der Waals surface area contributed by atoms with Gasteiger partial charge in [-0.3, -0.25) is 4.90 Å². The van der Waals surface area contributed by atoms with Crippen LogP contribution in [0.25, 0.3) is 5.65 Å². The van der Waals surface area contributed by atoms with E-state index in [1.165, 1.54) is 18.5 Å². The van der Waals surface area contributed by atoms with Gasteiger partial charge in [-0.05, 0) is 44.9 Å². The molecule has 1 aliphatic heterocycles. The largest absolute Gasteiger partial charge is 0.392 e. The van der Waals surface area contributed by atoms with Crippen LogP contribution in [0.3, 0.4) is 0 Å². The summed E-state index contributed by atoms with van der Waals surface area (Å²) in [5.41, 5.74) is 3.35. The van der Waals surface area contributed by atoms with Crippen molar-refractivity contribution in [2.75, 3.05) is 6.54 Å². The Morgan fingerprint density at radius 3 is 3.05 bits per heavy atom. The van der Waals surface area contributed by atoms with Gasteiger partial charge in [0.15, 0.2) is 0 Å². The number of rotatable bonds is 4. The number of hydrogen-bond donors (Lipinski definition) is 1. The number of aliphatic hydroxyl groups is 1. The van der Waals surface area contributed by atoms with Crippen molar-refractivity contribution in [2.24, 2.45) is 0 Å². The molecule has 0 saturated carbocycles. The molecule has 4 heteroatoms. The van der Waals surface area contributed by atoms with E-state index >= 15 is 0 Å². The summed E-state index contributed by atoms with van der Waals surface area (Å²) < 4.78 is 2.18. The molecular formula is C17H25N3O. The first-order chi connectivity index (χ1) is 10.2. The van der Waals surface area contributed by atoms with Gasteiger partial charge in [-0.25, -0.2) is 4.98 Å². The van der Waals surface area contributed by atoms with E-state index in [1.54, 1.807) is 0 Å². The highest BCUT2D eigenvalue weighted by atomic mass is 16.3. The Balaban J connectivity index is 1.87. The summed E-state index contributed by atoms with van der Waals surface area (Å²) in [6.07, 6.45) is 6.25. The Kier molecular flexibility index (Phi) is 4.27. The van der Waals surface area contributed by atoms with Crippen molar-refractivity contribution in [3.05, 3.63) is 35.8 Å². The van der Waals surface area contributed by atoms with Crippen LogP contribution in [0.5, 0.6) is 0 Å². The predicted octanol–water partition coefficient (Wildman–Crippen LogP) is 2.77. The molecule has 1 N–H and O–H groups in total. The lowest BCUT2D eigenvalue weighted by molar-refractivity contribution is 0.0187. The van der Waals surface area contributed by atoms with E-state index in [0.717, 1.165) is 37.3 Å². The van der Waals surface area contributed by atoms with Crippen molar-refractivity contribution in [3.63, 3.8) is 0 Å². The summed E-state index contributed by atoms with van der Waals surface area (Å²) in [6, 6.07) is 6.41. The fraction of sp³-hybridized carbons (Fsp3) is 0.588. The molecule has 1 saturated heterocycles. The van der Waals surface area contributed by atoms with E-state index in [-0.39, 0.29) is 12.1 Å². The number of aromatic nitrogens is 2. The zero-order valence-electron chi connectivity index (χ0n) is 13.0. The minimum atomic E-state index is -0.218. The Morgan fingerprint density at radius 2 is 2.24 bits per heavy atom. The zero-order valence-corrected chi connectivity index (χ0v) is 13.0. The maximum absolute atomic E-state index is 10.3. The van der Waals surface area contributed by atoms with Crippen LogP contribution in [-0.2, 0) is 6.54 Å². The van der Waals surface area contributed by atoms with Crippen molar-refractivity contribution in [1.82, 2.24) is 14.3 Å². The van der Waals surface area contributed by atoms with Crippen molar-refractivity contribution >= 4 is 5.65 Å². The van der Waals surface area contributed by atoms with Crippen LogP contribution < -0.4 is 0 Å². The van der Waals surface area contributed by atoms with E-state index in [1.807, 2.05) is 18.2 Å². The highest BCUT2D eigenvalue weighted by Gasteiger charge is 2.28. The van der Waals surface area contributed by atoms with Crippen LogP contribution >= 0.6 is 0 Å². The Morgan fingerprint density at radius 1 is 1.38 bits per heavy atom. The lowest BCUT2D eigenvalue weighted by atomic mass is 9.95. The van der Waals surface area contributed by atoms with Gasteiger partial charge >= 0.3 is 0 Å². The van der Waals surface area contributed by atoms with Gasteiger partial charge in [0.05, 0.1) is 17.5 Å². The third kappa shape index (κ3) is 2.83. The van der Waals surface area contributed by atoms with Gasteiger partial charge in [-0.2, -0.15) is 0 Å². The van der Waals surface area contributed by atoms with Crippen LogP contribution in [-0.4, -0.2) is 38.1 Å². The van der Waals surface area contributed by atoms with Crippen LogP contribution in [0, 0.1) is 6.92 Å². The molecule has 2 aromatic heterocycles. The smallest absolute Gasteiger partial charge is 0.137 e. The van der Waals surface area contributed by atoms with E-state index < -0.39 is 0 Å². The number of piperidine rings is 1. The number of aryl methyl sites for hydroxylation is 1. The maximum Gasteiger partial charge on any atom is 0.137 e. The number of likely N-dealkylation sites (tertiary alicyclic amines) is 1. The minimum Gasteiger partial charge on any atom is -0.392 e. The van der Waals surface area contributed by atoms with Gasteiger partial charge < -0.3 is 9.51 Å². The second-order valence-electron chi connectivity index (χ2n) is 6.08. The summed E-state index contributed by atoms with van der Waals surface area (Å²) in [5, 5.41) is 10.3. The molecule has 1 fully saturated rings. The van der Waals surface area contributed by atoms with Gasteiger partial charge in [-0.15, -0.1) is 0 Å². The molecule has 4 nitrogen and oxygen atoms in total. The zero-order chi connectivity index (χ0) is 14.8. The molecule has 1 aliphatic rings. The summed E-state index contributed by atoms with van der Waals surface area (Å²) >= 11 is 0. The molecule has 0 unspecified atom stereocenters. The average molecular weight is 287 g/mol. The third-order valence-electron chi connectivity index (χ3n) is 4.71. The normalized spacial score (nSPS) is 21.8. The van der Waals surface area contributed by atoms with Gasteiger partial charge in [-0.1, -0.05) is 19.4 Å². The molecule has 3 rings (SSSR count). The van der Waals surface area contributed by atoms with Gasteiger partial charge in [0, 0.05) is 18.8 Å². The number of fused-ring (bicyclic) bond motifs is 1. The molecule has 2 atom stereocenters. The second kappa shape index (κ2) is 6.16. The summed E-state index contributed by atoms with van der Waals surface area (Å²) in [7, 11) is 0. The average Bonchev–Trinajstić information content (AvgIpc) is 2.83. The molecule has 0 radical (unpaired) electrons. The van der Waals surface area contributed by atoms with Gasteiger partial charge in [0.25, 0.3) is 0 Å². The number of nitrogens with zero attached hydrogens (tertiary/aromatic N) is 3. The van der Waals surface area contributed by atoms with E-state index in [9.17, 15) is 5.11 Å². The highest BCUT2D eigenvalue weighted by molar-refractivity contribution is 5.42. The lowest BCUT2D eigenvalue weighted by Gasteiger charge is -2.38. The maximum atomic E-state index is 10.3. The molecule has 0 aliphatic carbocycles. The first-order valence-corrected chi connectivity index (χ1v) is 8.05. The second-order valence-corrected chi connectivity index (χ2v) is 6.08. The highest BCUT2D eigenvalue weighted by Crippen LogP contribution is 2.24. The molecule has 0 spiro atoms. The van der Waals surface area contributed by atoms with Crippen LogP contribution in [0.15, 0.2) is 24.4 Å². The van der Waals surface area contributed by atoms with Crippen LogP contribution in [0.2, 0.25) is 0 Å². The fourth-order valence-corrected chi connectivity index (χ4v) is 3.47. The lowest BCUT2D eigenvalue weighted by Crippen LogP contribution is -2.46. The summed E-state index contributed by atoms with van der Waals surface area (Å²) in [6.45, 7) is 6.09. The Hall–Kier alpha value is -1.39. The number of hydrogen-bond acceptors (Lipinski definition) is 3. The number of pyridine rings is 1. The Labute approximate surface area is 126 Å². The monoisotopic (exact) mass is 287 g/mol. The topological polar surface area (TPSA) is 40.8 Å². The first-order valence-electron chi connectivity index (χ1n) is 8.05. The predicted molar refractivity (Wildman–Crippen MR) is 84.3 cm³/mol. The van der Waals surface area contributed by atoms with Crippen molar-refractivity contribution in [2.45, 2.75) is 58.2 Å². The molecular weight excluding hydrogens is 262 g/mol. The standard InChI is InChI=1S/C17H25N3O/c1-3-16(21)14-8-4-6-10-19(14)12-15-13(2)18-17-9-5-7-11-20(15)17/h5,7,9,11,14,16,21H,3-4,6,8,10,12H2,1-2H3/t14-,16+/m0/s1. The van der Waals surface area contributed by atoms with E-state index in [4.69, 9.17) is 0 Å². The number of imidazole rings is 1. The van der Waals surface area contributed by atoms with Crippen molar-refractivity contribution in [3.8, 4) is 0 Å². The van der Waals surface area contributed by atoms with Crippen LogP contribution in [0.4, 0.5) is 0 Å². The summed E-state index contributed by atoms with van der Waals surface area (Å²) in [4.78, 5) is 7.09. The van der Waals surface area contributed by atoms with Gasteiger partial charge in [0.2, 0.25) is 0 Å². The number of aliphatic hydroxyl groups excluding tert-OH is 1. The summed E-state index contributed by atoms with van der Waals surface area (Å²) in [5.74, 6) is 0. The molecule has 0 bridgehead atoms. The quantitative estimate of drug-likeness (QED) is 0.940. The van der Waals surface area contributed by atoms with Crippen molar-refractivity contribution < 1.29 is 5.11 Å². The van der Waals surface area contributed by atoms with Crippen LogP contribution in [0.1, 0.15) is 44.0 Å².